The van der Waals surface area contributed by atoms with Crippen molar-refractivity contribution in [3.05, 3.63) is 11.1 Å². The summed E-state index contributed by atoms with van der Waals surface area (Å²) in [5.74, 6) is 0. The molecule has 1 rings (SSSR count). The maximum atomic E-state index is 4.19. The number of hydrogen-bond acceptors (Lipinski definition) is 2. The summed E-state index contributed by atoms with van der Waals surface area (Å²) in [6.45, 7) is 2.03. The first-order valence-corrected chi connectivity index (χ1v) is 4.06. The number of aromatic nitrogens is 1. The Morgan fingerprint density at radius 2 is 2.57 bits per heavy atom. The molecule has 0 unspecified atom stereocenters. The second kappa shape index (κ2) is 2.27. The van der Waals surface area contributed by atoms with E-state index in [1.165, 1.54) is 2.26 Å². The quantitative estimate of drug-likeness (QED) is 0.448. The van der Waals surface area contributed by atoms with Crippen molar-refractivity contribution in [1.82, 2.24) is 4.98 Å². The number of nitrogens with zero attached hydrogens (tertiary/aromatic N) is 1. The third-order valence-corrected chi connectivity index (χ3v) is 2.56. The number of rotatable bonds is 0. The second-order valence-corrected chi connectivity index (χ2v) is 4.24. The van der Waals surface area contributed by atoms with Crippen LogP contribution in [0, 0.1) is 6.92 Å². The zero-order valence-corrected chi connectivity index (χ0v) is 7.25. The summed E-state index contributed by atoms with van der Waals surface area (Å²) in [7, 11) is 0. The fourth-order valence-electron chi connectivity index (χ4n) is 0.472. The van der Waals surface area contributed by atoms with Crippen molar-refractivity contribution in [2.24, 2.45) is 0 Å². The van der Waals surface area contributed by atoms with Crippen LogP contribution in [0.4, 0.5) is 0 Å². The Balaban J connectivity index is 3.04. The van der Waals surface area contributed by atoms with Gasteiger partial charge in [-0.3, -0.25) is 0 Å². The molecule has 7 heavy (non-hydrogen) atoms. The zero-order chi connectivity index (χ0) is 5.28. The SMILES string of the molecule is Cc1cs[c]([Na])n1. The van der Waals surface area contributed by atoms with Gasteiger partial charge in [-0.15, -0.1) is 0 Å². The summed E-state index contributed by atoms with van der Waals surface area (Å²) in [5, 5.41) is 2.09. The molecular formula is C4H4NNaS. The minimum atomic E-state index is 1.10. The van der Waals surface area contributed by atoms with Crippen LogP contribution >= 0.6 is 11.3 Å². The van der Waals surface area contributed by atoms with E-state index in [9.17, 15) is 0 Å². The van der Waals surface area contributed by atoms with Crippen molar-refractivity contribution in [2.75, 3.05) is 0 Å². The molecule has 0 amide bonds. The van der Waals surface area contributed by atoms with E-state index in [1.54, 1.807) is 11.3 Å². The first kappa shape index (κ1) is 5.76. The molecule has 0 atom stereocenters. The van der Waals surface area contributed by atoms with Gasteiger partial charge < -0.3 is 0 Å². The number of thiazole rings is 1. The monoisotopic (exact) mass is 121 g/mol. The first-order chi connectivity index (χ1) is 3.29. The zero-order valence-electron chi connectivity index (χ0n) is 4.43. The van der Waals surface area contributed by atoms with Gasteiger partial charge in [0, 0.05) is 0 Å². The Bertz CT molecular complexity index is 144. The van der Waals surface area contributed by atoms with Crippen molar-refractivity contribution < 1.29 is 0 Å². The maximum absolute atomic E-state index is 4.19. The van der Waals surface area contributed by atoms with Crippen LogP contribution in [0.2, 0.25) is 0 Å². The Labute approximate surface area is 64.2 Å². The number of hydrogen-bond donors (Lipinski definition) is 0. The van der Waals surface area contributed by atoms with Crippen LogP contribution < -0.4 is 2.26 Å². The summed E-state index contributed by atoms with van der Waals surface area (Å²) < 4.78 is 1.29. The van der Waals surface area contributed by atoms with Gasteiger partial charge in [0.25, 0.3) is 0 Å². The molecule has 0 spiro atoms. The predicted molar refractivity (Wildman–Crippen MR) is 32.2 cm³/mol. The Morgan fingerprint density at radius 3 is 2.71 bits per heavy atom. The van der Waals surface area contributed by atoms with Crippen molar-refractivity contribution >= 4 is 41.5 Å². The molecule has 1 nitrogen and oxygen atoms in total. The third-order valence-electron chi connectivity index (χ3n) is 0.734. The molecule has 1 aromatic rings. The fraction of sp³-hybridized carbons (Fsp3) is 0.250. The molecule has 0 fully saturated rings. The van der Waals surface area contributed by atoms with E-state index < -0.39 is 0 Å². The van der Waals surface area contributed by atoms with E-state index in [0.29, 0.717) is 0 Å². The van der Waals surface area contributed by atoms with Gasteiger partial charge in [-0.05, 0) is 0 Å². The molecule has 32 valence electrons. The molecule has 0 N–H and O–H groups in total. The van der Waals surface area contributed by atoms with Crippen LogP contribution in [0.3, 0.4) is 0 Å². The van der Waals surface area contributed by atoms with Gasteiger partial charge in [0.1, 0.15) is 0 Å². The normalized spacial score (nSPS) is 9.57. The van der Waals surface area contributed by atoms with Crippen molar-refractivity contribution in [3.63, 3.8) is 0 Å². The Morgan fingerprint density at radius 1 is 1.86 bits per heavy atom. The summed E-state index contributed by atoms with van der Waals surface area (Å²) in [6, 6.07) is 0. The second-order valence-electron chi connectivity index (χ2n) is 1.51. The van der Waals surface area contributed by atoms with E-state index >= 15 is 0 Å². The van der Waals surface area contributed by atoms with Crippen molar-refractivity contribution in [3.8, 4) is 0 Å². The van der Waals surface area contributed by atoms with Crippen LogP contribution in [0.25, 0.3) is 0 Å². The molecule has 0 saturated carbocycles. The average Bonchev–Trinajstić information content (AvgIpc) is 1.87. The summed E-state index contributed by atoms with van der Waals surface area (Å²) in [5.41, 5.74) is 1.16. The summed E-state index contributed by atoms with van der Waals surface area (Å²) in [6.07, 6.45) is 0. The van der Waals surface area contributed by atoms with Gasteiger partial charge in [0.2, 0.25) is 0 Å². The van der Waals surface area contributed by atoms with Crippen LogP contribution in [0.1, 0.15) is 5.69 Å². The number of aryl methyl sites for hydroxylation is 1. The van der Waals surface area contributed by atoms with Crippen LogP contribution in [-0.2, 0) is 0 Å². The van der Waals surface area contributed by atoms with Gasteiger partial charge in [-0.2, -0.15) is 0 Å². The van der Waals surface area contributed by atoms with Gasteiger partial charge in [-0.1, -0.05) is 0 Å². The standard InChI is InChI=1S/C4H4NS.Na/c1-4-2-6-3-5-4;/h2H,1H3;. The molecule has 0 aliphatic heterocycles. The molecule has 0 saturated heterocycles. The molecular weight excluding hydrogens is 117 g/mol. The fourth-order valence-corrected chi connectivity index (χ4v) is 1.77. The minimum absolute atomic E-state index is 1.10. The van der Waals surface area contributed by atoms with E-state index in [2.05, 4.69) is 10.4 Å². The van der Waals surface area contributed by atoms with Crippen molar-refractivity contribution in [2.45, 2.75) is 6.92 Å². The molecule has 0 aromatic carbocycles. The summed E-state index contributed by atoms with van der Waals surface area (Å²) in [4.78, 5) is 4.19. The molecule has 0 radical (unpaired) electrons. The molecule has 3 heteroatoms. The van der Waals surface area contributed by atoms with Crippen molar-refractivity contribution in [1.29, 1.82) is 0 Å². The molecule has 0 aliphatic rings. The van der Waals surface area contributed by atoms with Crippen LogP contribution in [0.5, 0.6) is 0 Å². The van der Waals surface area contributed by atoms with E-state index in [1.807, 2.05) is 6.92 Å². The van der Waals surface area contributed by atoms with Gasteiger partial charge in [-0.25, -0.2) is 0 Å². The molecule has 1 heterocycles. The topological polar surface area (TPSA) is 12.9 Å². The van der Waals surface area contributed by atoms with Crippen LogP contribution in [0.15, 0.2) is 5.38 Å². The van der Waals surface area contributed by atoms with E-state index in [-0.39, 0.29) is 0 Å². The Kier molecular flexibility index (Phi) is 1.87. The summed E-state index contributed by atoms with van der Waals surface area (Å²) >= 11 is 2.86. The van der Waals surface area contributed by atoms with Gasteiger partial charge in [0.15, 0.2) is 0 Å². The first-order valence-electron chi connectivity index (χ1n) is 2.18. The molecule has 1 aromatic heterocycles. The van der Waals surface area contributed by atoms with E-state index in [0.717, 1.165) is 33.6 Å². The third kappa shape index (κ3) is 1.53. The van der Waals surface area contributed by atoms with Gasteiger partial charge in [0.05, 0.1) is 0 Å². The predicted octanol–water partition coefficient (Wildman–Crippen LogP) is 0.245. The average molecular weight is 121 g/mol. The van der Waals surface area contributed by atoms with Crippen LogP contribution in [-0.4, -0.2) is 32.9 Å². The van der Waals surface area contributed by atoms with E-state index in [4.69, 9.17) is 0 Å². The molecule has 0 aliphatic carbocycles. The Hall–Kier alpha value is 0.630. The molecule has 0 bridgehead atoms. The van der Waals surface area contributed by atoms with Gasteiger partial charge >= 0.3 is 64.5 Å².